The summed E-state index contributed by atoms with van der Waals surface area (Å²) in [6.07, 6.45) is 3.64. The predicted octanol–water partition coefficient (Wildman–Crippen LogP) is 0.926. The van der Waals surface area contributed by atoms with Crippen LogP contribution in [0.5, 0.6) is 0 Å². The first-order chi connectivity index (χ1) is 13.9. The van der Waals surface area contributed by atoms with E-state index in [0.717, 1.165) is 51.6 Å². The molecule has 1 aliphatic heterocycles. The van der Waals surface area contributed by atoms with Crippen LogP contribution in [-0.2, 0) is 14.3 Å². The van der Waals surface area contributed by atoms with Crippen LogP contribution < -0.4 is 10.6 Å². The molecule has 2 rings (SSSR count). The average Bonchev–Trinajstić information content (AvgIpc) is 2.70. The number of piperazine rings is 1. The summed E-state index contributed by atoms with van der Waals surface area (Å²) in [6.45, 7) is 12.6. The highest BCUT2D eigenvalue weighted by Crippen LogP contribution is 2.42. The van der Waals surface area contributed by atoms with Crippen molar-refractivity contribution in [2.45, 2.75) is 52.2 Å². The highest BCUT2D eigenvalue weighted by Gasteiger charge is 2.49. The second kappa shape index (κ2) is 11.7. The number of hydrogen-bond acceptors (Lipinski definition) is 5. The van der Waals surface area contributed by atoms with Gasteiger partial charge in [0.1, 0.15) is 0 Å². The highest BCUT2D eigenvalue weighted by molar-refractivity contribution is 5.81. The summed E-state index contributed by atoms with van der Waals surface area (Å²) in [5.74, 6) is 1.02. The molecule has 1 heterocycles. The standard InChI is InChI=1S/C21H41N5O3/c1-6-7-13-29-18-15-17(21(18,2)3)24-20(22-4)26-11-9-25(10-12-26)16-19(27)23-8-14-28-5/h17-18H,6-16H2,1-5H3,(H,22,24)(H,23,27). The number of carbonyl (C=O) groups is 1. The lowest BCUT2D eigenvalue weighted by Gasteiger charge is -2.52. The van der Waals surface area contributed by atoms with Crippen LogP contribution in [0.25, 0.3) is 0 Å². The summed E-state index contributed by atoms with van der Waals surface area (Å²) in [6, 6.07) is 0.373. The fourth-order valence-corrected chi connectivity index (χ4v) is 3.91. The van der Waals surface area contributed by atoms with Gasteiger partial charge in [0.25, 0.3) is 0 Å². The van der Waals surface area contributed by atoms with Crippen LogP contribution in [0, 0.1) is 5.41 Å². The van der Waals surface area contributed by atoms with Gasteiger partial charge < -0.3 is 25.0 Å². The Morgan fingerprint density at radius 3 is 2.52 bits per heavy atom. The zero-order valence-electron chi connectivity index (χ0n) is 19.0. The van der Waals surface area contributed by atoms with E-state index in [-0.39, 0.29) is 11.3 Å². The van der Waals surface area contributed by atoms with Crippen LogP contribution in [-0.4, -0.2) is 100 Å². The number of hydrogen-bond donors (Lipinski definition) is 2. The van der Waals surface area contributed by atoms with Gasteiger partial charge in [-0.1, -0.05) is 27.2 Å². The molecule has 0 aromatic heterocycles. The molecule has 168 valence electrons. The van der Waals surface area contributed by atoms with E-state index in [1.54, 1.807) is 7.11 Å². The third-order valence-corrected chi connectivity index (χ3v) is 6.18. The normalized spacial score (nSPS) is 24.9. The molecule has 8 nitrogen and oxygen atoms in total. The molecule has 0 aromatic rings. The summed E-state index contributed by atoms with van der Waals surface area (Å²) >= 11 is 0. The lowest BCUT2D eigenvalue weighted by Crippen LogP contribution is -2.65. The van der Waals surface area contributed by atoms with Gasteiger partial charge in [-0.3, -0.25) is 14.7 Å². The van der Waals surface area contributed by atoms with Gasteiger partial charge >= 0.3 is 0 Å². The highest BCUT2D eigenvalue weighted by atomic mass is 16.5. The van der Waals surface area contributed by atoms with E-state index in [1.807, 2.05) is 7.05 Å². The van der Waals surface area contributed by atoms with Crippen molar-refractivity contribution in [1.29, 1.82) is 0 Å². The van der Waals surface area contributed by atoms with Crippen molar-refractivity contribution >= 4 is 11.9 Å². The second-order valence-corrected chi connectivity index (χ2v) is 8.62. The van der Waals surface area contributed by atoms with Crippen LogP contribution in [0.4, 0.5) is 0 Å². The summed E-state index contributed by atoms with van der Waals surface area (Å²) < 4.78 is 11.0. The third-order valence-electron chi connectivity index (χ3n) is 6.18. The Balaban J connectivity index is 1.73. The van der Waals surface area contributed by atoms with Crippen molar-refractivity contribution in [1.82, 2.24) is 20.4 Å². The lowest BCUT2D eigenvalue weighted by molar-refractivity contribution is -0.122. The molecular weight excluding hydrogens is 370 g/mol. The number of ether oxygens (including phenoxy) is 2. The molecular formula is C21H41N5O3. The molecule has 2 fully saturated rings. The predicted molar refractivity (Wildman–Crippen MR) is 116 cm³/mol. The molecule has 1 aliphatic carbocycles. The number of aliphatic imine (C=N–C) groups is 1. The average molecular weight is 412 g/mol. The second-order valence-electron chi connectivity index (χ2n) is 8.62. The largest absolute Gasteiger partial charge is 0.383 e. The van der Waals surface area contributed by atoms with Gasteiger partial charge in [0.05, 0.1) is 19.3 Å². The van der Waals surface area contributed by atoms with Gasteiger partial charge in [-0.05, 0) is 12.8 Å². The van der Waals surface area contributed by atoms with E-state index in [4.69, 9.17) is 9.47 Å². The number of amides is 1. The molecule has 2 aliphatic rings. The van der Waals surface area contributed by atoms with Crippen LogP contribution >= 0.6 is 0 Å². The minimum Gasteiger partial charge on any atom is -0.383 e. The van der Waals surface area contributed by atoms with Gasteiger partial charge in [-0.2, -0.15) is 0 Å². The maximum absolute atomic E-state index is 12.0. The number of unbranched alkanes of at least 4 members (excludes halogenated alkanes) is 1. The SMILES string of the molecule is CCCCOC1CC(NC(=NC)N2CCN(CC(=O)NCCOC)CC2)C1(C)C. The summed E-state index contributed by atoms with van der Waals surface area (Å²) in [5.41, 5.74) is 0.103. The Labute approximate surface area is 176 Å². The molecule has 8 heteroatoms. The minimum atomic E-state index is 0.0586. The van der Waals surface area contributed by atoms with Crippen LogP contribution in [0.2, 0.25) is 0 Å². The molecule has 0 aromatic carbocycles. The van der Waals surface area contributed by atoms with Crippen LogP contribution in [0.15, 0.2) is 4.99 Å². The number of guanidine groups is 1. The first-order valence-electron chi connectivity index (χ1n) is 11.0. The summed E-state index contributed by atoms with van der Waals surface area (Å²) in [7, 11) is 3.48. The van der Waals surface area contributed by atoms with Gasteiger partial charge in [0.2, 0.25) is 5.91 Å². The van der Waals surface area contributed by atoms with Crippen molar-refractivity contribution in [3.05, 3.63) is 0 Å². The molecule has 29 heavy (non-hydrogen) atoms. The number of carbonyl (C=O) groups excluding carboxylic acids is 1. The third kappa shape index (κ3) is 6.83. The van der Waals surface area contributed by atoms with Gasteiger partial charge in [0, 0.05) is 64.9 Å². The maximum atomic E-state index is 12.0. The minimum absolute atomic E-state index is 0.0586. The van der Waals surface area contributed by atoms with Crippen molar-refractivity contribution in [2.75, 3.05) is 66.6 Å². The number of rotatable bonds is 10. The van der Waals surface area contributed by atoms with Gasteiger partial charge in [0.15, 0.2) is 5.96 Å². The molecule has 0 spiro atoms. The monoisotopic (exact) mass is 411 g/mol. The molecule has 0 radical (unpaired) electrons. The van der Waals surface area contributed by atoms with E-state index in [1.165, 1.54) is 6.42 Å². The Bertz CT molecular complexity index is 532. The summed E-state index contributed by atoms with van der Waals surface area (Å²) in [5, 5.41) is 6.54. The molecule has 0 bridgehead atoms. The zero-order chi connectivity index (χ0) is 21.3. The van der Waals surface area contributed by atoms with Gasteiger partial charge in [-0.25, -0.2) is 0 Å². The number of nitrogens with zero attached hydrogens (tertiary/aromatic N) is 3. The quantitative estimate of drug-likeness (QED) is 0.316. The van der Waals surface area contributed by atoms with Gasteiger partial charge in [-0.15, -0.1) is 0 Å². The summed E-state index contributed by atoms with van der Waals surface area (Å²) in [4.78, 5) is 21.0. The number of methoxy groups -OCH3 is 1. The molecule has 1 amide bonds. The van der Waals surface area contributed by atoms with E-state index in [9.17, 15) is 4.79 Å². The molecule has 2 unspecified atom stereocenters. The maximum Gasteiger partial charge on any atom is 0.234 e. The first kappa shape index (κ1) is 23.9. The first-order valence-corrected chi connectivity index (χ1v) is 11.0. The molecule has 2 N–H and O–H groups in total. The van der Waals surface area contributed by atoms with E-state index < -0.39 is 0 Å². The van der Waals surface area contributed by atoms with E-state index in [2.05, 4.69) is 46.2 Å². The molecule has 1 saturated carbocycles. The Morgan fingerprint density at radius 1 is 1.21 bits per heavy atom. The lowest BCUT2D eigenvalue weighted by atomic mass is 9.64. The fourth-order valence-electron chi connectivity index (χ4n) is 3.91. The molecule has 1 saturated heterocycles. The Morgan fingerprint density at radius 2 is 1.93 bits per heavy atom. The Hall–Kier alpha value is -1.38. The topological polar surface area (TPSA) is 78.4 Å². The van der Waals surface area contributed by atoms with E-state index in [0.29, 0.717) is 31.8 Å². The van der Waals surface area contributed by atoms with Crippen molar-refractivity contribution < 1.29 is 14.3 Å². The molecule has 2 atom stereocenters. The van der Waals surface area contributed by atoms with Crippen LogP contribution in [0.3, 0.4) is 0 Å². The zero-order valence-corrected chi connectivity index (χ0v) is 19.0. The smallest absolute Gasteiger partial charge is 0.234 e. The Kier molecular flexibility index (Phi) is 9.65. The van der Waals surface area contributed by atoms with Crippen molar-refractivity contribution in [2.24, 2.45) is 10.4 Å². The number of nitrogens with one attached hydrogen (secondary N) is 2. The van der Waals surface area contributed by atoms with E-state index >= 15 is 0 Å². The van der Waals surface area contributed by atoms with Crippen LogP contribution in [0.1, 0.15) is 40.0 Å². The fraction of sp³-hybridized carbons (Fsp3) is 0.905. The van der Waals surface area contributed by atoms with Crippen molar-refractivity contribution in [3.63, 3.8) is 0 Å². The van der Waals surface area contributed by atoms with Crippen molar-refractivity contribution in [3.8, 4) is 0 Å².